The number of ketones is 1. The van der Waals surface area contributed by atoms with E-state index >= 15 is 0 Å². The molecule has 1 N–H and O–H groups in total. The van der Waals surface area contributed by atoms with Crippen LogP contribution in [-0.2, 0) is 0 Å². The van der Waals surface area contributed by atoms with E-state index in [1.54, 1.807) is 36.4 Å². The van der Waals surface area contributed by atoms with Gasteiger partial charge in [0.2, 0.25) is 0 Å². The van der Waals surface area contributed by atoms with Crippen LogP contribution in [0.3, 0.4) is 0 Å². The first-order valence-corrected chi connectivity index (χ1v) is 9.06. The van der Waals surface area contributed by atoms with E-state index in [0.29, 0.717) is 26.2 Å². The molecule has 3 rings (SSSR count). The molecule has 1 amide bonds. The van der Waals surface area contributed by atoms with Crippen molar-refractivity contribution in [2.45, 2.75) is 0 Å². The Balaban J connectivity index is 1.96. The summed E-state index contributed by atoms with van der Waals surface area (Å²) in [6.07, 6.45) is 0. The Morgan fingerprint density at radius 3 is 2.24 bits per heavy atom. The maximum atomic E-state index is 12.8. The van der Waals surface area contributed by atoms with Gasteiger partial charge in [-0.3, -0.25) is 9.59 Å². The van der Waals surface area contributed by atoms with E-state index in [-0.39, 0.29) is 15.7 Å². The minimum Gasteiger partial charge on any atom is -0.321 e. The van der Waals surface area contributed by atoms with Crippen LogP contribution in [0.2, 0.25) is 13.7 Å². The first-order chi connectivity index (χ1) is 12.0. The molecule has 7 heteroatoms. The van der Waals surface area contributed by atoms with Crippen molar-refractivity contribution in [2.24, 2.45) is 0 Å². The van der Waals surface area contributed by atoms with Crippen LogP contribution >= 0.6 is 46.1 Å². The molecule has 0 saturated heterocycles. The maximum absolute atomic E-state index is 12.8. The van der Waals surface area contributed by atoms with Crippen LogP contribution in [0.15, 0.2) is 54.6 Å². The molecule has 25 heavy (non-hydrogen) atoms. The summed E-state index contributed by atoms with van der Waals surface area (Å²) >= 11 is 19.0. The summed E-state index contributed by atoms with van der Waals surface area (Å²) in [5, 5.41) is 3.10. The molecular weight excluding hydrogens is 401 g/mol. The molecule has 0 radical (unpaired) electrons. The Bertz CT molecular complexity index is 954. The van der Waals surface area contributed by atoms with Crippen LogP contribution in [-0.4, -0.2) is 11.7 Å². The fourth-order valence-electron chi connectivity index (χ4n) is 2.24. The average molecular weight is 411 g/mol. The molecule has 1 heterocycles. The summed E-state index contributed by atoms with van der Waals surface area (Å²) in [4.78, 5) is 25.2. The molecule has 126 valence electrons. The standard InChI is InChI=1S/C18H10Cl3NO2S/c19-11-6-7-14(22-18(24)13-9-15(20)25-17(13)21)12(8-11)16(23)10-4-2-1-3-5-10/h1-9H,(H,22,24). The van der Waals surface area contributed by atoms with Crippen LogP contribution in [0.4, 0.5) is 5.69 Å². The molecular formula is C18H10Cl3NO2S. The van der Waals surface area contributed by atoms with Crippen molar-refractivity contribution >= 4 is 63.5 Å². The van der Waals surface area contributed by atoms with Gasteiger partial charge < -0.3 is 5.32 Å². The fourth-order valence-corrected chi connectivity index (χ4v) is 3.87. The topological polar surface area (TPSA) is 46.2 Å². The second-order valence-electron chi connectivity index (χ2n) is 5.08. The number of thiophene rings is 1. The van der Waals surface area contributed by atoms with Crippen molar-refractivity contribution in [3.63, 3.8) is 0 Å². The van der Waals surface area contributed by atoms with Crippen molar-refractivity contribution in [3.8, 4) is 0 Å². The van der Waals surface area contributed by atoms with Crippen LogP contribution in [0.1, 0.15) is 26.3 Å². The number of hydrogen-bond donors (Lipinski definition) is 1. The quantitative estimate of drug-likeness (QED) is 0.521. The Labute approximate surface area is 163 Å². The first kappa shape index (κ1) is 18.0. The Morgan fingerprint density at radius 2 is 1.60 bits per heavy atom. The van der Waals surface area contributed by atoms with Crippen molar-refractivity contribution in [1.82, 2.24) is 0 Å². The molecule has 3 aromatic rings. The highest BCUT2D eigenvalue weighted by Gasteiger charge is 2.19. The zero-order valence-corrected chi connectivity index (χ0v) is 15.6. The van der Waals surface area contributed by atoms with Gasteiger partial charge >= 0.3 is 0 Å². The number of rotatable bonds is 4. The van der Waals surface area contributed by atoms with Gasteiger partial charge in [-0.15, -0.1) is 11.3 Å². The molecule has 0 unspecified atom stereocenters. The molecule has 1 aromatic heterocycles. The summed E-state index contributed by atoms with van der Waals surface area (Å²) < 4.78 is 0.694. The monoisotopic (exact) mass is 409 g/mol. The third-order valence-electron chi connectivity index (χ3n) is 3.41. The summed E-state index contributed by atoms with van der Waals surface area (Å²) in [5.74, 6) is -0.689. The third kappa shape index (κ3) is 4.05. The summed E-state index contributed by atoms with van der Waals surface area (Å²) in [6.45, 7) is 0. The lowest BCUT2D eigenvalue weighted by atomic mass is 10.0. The van der Waals surface area contributed by atoms with E-state index in [1.165, 1.54) is 12.1 Å². The first-order valence-electron chi connectivity index (χ1n) is 7.11. The average Bonchev–Trinajstić information content (AvgIpc) is 2.95. The number of halogens is 3. The Morgan fingerprint density at radius 1 is 0.880 bits per heavy atom. The molecule has 0 fully saturated rings. The SMILES string of the molecule is O=C(c1ccccc1)c1cc(Cl)ccc1NC(=O)c1cc(Cl)sc1Cl. The van der Waals surface area contributed by atoms with E-state index < -0.39 is 5.91 Å². The van der Waals surface area contributed by atoms with Crippen molar-refractivity contribution in [2.75, 3.05) is 5.32 Å². The Hall–Kier alpha value is -1.85. The molecule has 0 spiro atoms. The number of amides is 1. The fraction of sp³-hybridized carbons (Fsp3) is 0. The smallest absolute Gasteiger partial charge is 0.258 e. The van der Waals surface area contributed by atoms with Crippen LogP contribution in [0.25, 0.3) is 0 Å². The molecule has 2 aromatic carbocycles. The molecule has 0 aliphatic heterocycles. The number of benzene rings is 2. The van der Waals surface area contributed by atoms with Gasteiger partial charge in [-0.1, -0.05) is 65.1 Å². The number of carbonyl (C=O) groups excluding carboxylic acids is 2. The lowest BCUT2D eigenvalue weighted by Crippen LogP contribution is -2.15. The molecule has 0 bridgehead atoms. The molecule has 0 aliphatic rings. The number of hydrogen-bond acceptors (Lipinski definition) is 3. The second kappa shape index (κ2) is 7.58. The van der Waals surface area contributed by atoms with Crippen molar-refractivity contribution < 1.29 is 9.59 Å². The van der Waals surface area contributed by atoms with Crippen molar-refractivity contribution in [1.29, 1.82) is 0 Å². The van der Waals surface area contributed by atoms with E-state index in [4.69, 9.17) is 34.8 Å². The minimum atomic E-state index is -0.447. The third-order valence-corrected chi connectivity index (χ3v) is 5.13. The number of anilines is 1. The zero-order chi connectivity index (χ0) is 18.0. The van der Waals surface area contributed by atoms with Gasteiger partial charge in [-0.25, -0.2) is 0 Å². The van der Waals surface area contributed by atoms with Gasteiger partial charge in [0, 0.05) is 16.1 Å². The van der Waals surface area contributed by atoms with Gasteiger partial charge in [-0.2, -0.15) is 0 Å². The van der Waals surface area contributed by atoms with Gasteiger partial charge in [0.05, 0.1) is 15.6 Å². The highest BCUT2D eigenvalue weighted by molar-refractivity contribution is 7.20. The molecule has 3 nitrogen and oxygen atoms in total. The van der Waals surface area contributed by atoms with E-state index in [0.717, 1.165) is 11.3 Å². The van der Waals surface area contributed by atoms with Gasteiger partial charge in [-0.05, 0) is 24.3 Å². The normalized spacial score (nSPS) is 10.5. The zero-order valence-electron chi connectivity index (χ0n) is 12.6. The second-order valence-corrected chi connectivity index (χ2v) is 7.80. The Kier molecular flexibility index (Phi) is 5.45. The number of nitrogens with one attached hydrogen (secondary N) is 1. The lowest BCUT2D eigenvalue weighted by Gasteiger charge is -2.11. The van der Waals surface area contributed by atoms with Crippen LogP contribution < -0.4 is 5.32 Å². The van der Waals surface area contributed by atoms with E-state index in [1.807, 2.05) is 6.07 Å². The molecule has 0 atom stereocenters. The van der Waals surface area contributed by atoms with E-state index in [2.05, 4.69) is 5.32 Å². The van der Waals surface area contributed by atoms with Crippen LogP contribution in [0, 0.1) is 0 Å². The van der Waals surface area contributed by atoms with Crippen LogP contribution in [0.5, 0.6) is 0 Å². The predicted molar refractivity (Wildman–Crippen MR) is 104 cm³/mol. The van der Waals surface area contributed by atoms with Gasteiger partial charge in [0.1, 0.15) is 4.34 Å². The minimum absolute atomic E-state index is 0.243. The number of carbonyl (C=O) groups is 2. The molecule has 0 saturated carbocycles. The summed E-state index contributed by atoms with van der Waals surface area (Å²) in [6, 6.07) is 14.9. The van der Waals surface area contributed by atoms with Gasteiger partial charge in [0.25, 0.3) is 5.91 Å². The molecule has 0 aliphatic carbocycles. The highest BCUT2D eigenvalue weighted by Crippen LogP contribution is 2.32. The summed E-state index contributed by atoms with van der Waals surface area (Å²) in [5.41, 5.74) is 1.40. The predicted octanol–water partition coefficient (Wildman–Crippen LogP) is 6.19. The summed E-state index contributed by atoms with van der Waals surface area (Å²) in [7, 11) is 0. The van der Waals surface area contributed by atoms with Gasteiger partial charge in [0.15, 0.2) is 5.78 Å². The highest BCUT2D eigenvalue weighted by atomic mass is 35.5. The largest absolute Gasteiger partial charge is 0.321 e. The maximum Gasteiger partial charge on any atom is 0.258 e. The van der Waals surface area contributed by atoms with E-state index in [9.17, 15) is 9.59 Å². The lowest BCUT2D eigenvalue weighted by molar-refractivity contribution is 0.102. The van der Waals surface area contributed by atoms with Crippen molar-refractivity contribution in [3.05, 3.63) is 85.0 Å².